The standard InChI is InChI=1S/C9H5BrClFS/c10-8-6-3-5(4-11)1-2-7(6)13-9(8)12/h1-3H,4H2. The molecular formula is C9H5BrClFS. The van der Waals surface area contributed by atoms with Gasteiger partial charge in [-0.2, -0.15) is 4.39 Å². The minimum Gasteiger partial charge on any atom is -0.194 e. The highest BCUT2D eigenvalue weighted by molar-refractivity contribution is 9.10. The molecule has 2 rings (SSSR count). The van der Waals surface area contributed by atoms with E-state index in [1.807, 2.05) is 18.2 Å². The summed E-state index contributed by atoms with van der Waals surface area (Å²) in [5.41, 5.74) is 1.01. The molecule has 0 aliphatic carbocycles. The highest BCUT2D eigenvalue weighted by Crippen LogP contribution is 2.34. The summed E-state index contributed by atoms with van der Waals surface area (Å²) in [5.74, 6) is 0.458. The van der Waals surface area contributed by atoms with E-state index in [0.717, 1.165) is 27.0 Å². The highest BCUT2D eigenvalue weighted by atomic mass is 79.9. The van der Waals surface area contributed by atoms with Gasteiger partial charge in [-0.1, -0.05) is 6.07 Å². The number of hydrogen-bond acceptors (Lipinski definition) is 1. The van der Waals surface area contributed by atoms with E-state index < -0.39 is 0 Å². The van der Waals surface area contributed by atoms with Crippen molar-refractivity contribution in [1.29, 1.82) is 0 Å². The van der Waals surface area contributed by atoms with E-state index in [1.54, 1.807) is 0 Å². The second-order valence-corrected chi connectivity index (χ2v) is 4.72. The van der Waals surface area contributed by atoms with E-state index in [0.29, 0.717) is 10.4 Å². The average molecular weight is 280 g/mol. The SMILES string of the molecule is Fc1sc2ccc(CCl)cc2c1Br. The monoisotopic (exact) mass is 278 g/mol. The van der Waals surface area contributed by atoms with Gasteiger partial charge in [0.15, 0.2) is 5.13 Å². The predicted molar refractivity (Wildman–Crippen MR) is 59.0 cm³/mol. The number of benzene rings is 1. The molecule has 0 unspecified atom stereocenters. The Bertz CT molecular complexity index is 452. The topological polar surface area (TPSA) is 0 Å². The van der Waals surface area contributed by atoms with Gasteiger partial charge in [0.25, 0.3) is 0 Å². The number of rotatable bonds is 1. The lowest BCUT2D eigenvalue weighted by Crippen LogP contribution is -1.75. The Hall–Kier alpha value is -0.120. The van der Waals surface area contributed by atoms with E-state index in [4.69, 9.17) is 11.6 Å². The van der Waals surface area contributed by atoms with Gasteiger partial charge in [-0.25, -0.2) is 0 Å². The zero-order chi connectivity index (χ0) is 9.42. The van der Waals surface area contributed by atoms with Crippen molar-refractivity contribution in [1.82, 2.24) is 0 Å². The lowest BCUT2D eigenvalue weighted by Gasteiger charge is -1.94. The summed E-state index contributed by atoms with van der Waals surface area (Å²) < 4.78 is 14.6. The molecular weight excluding hydrogens is 275 g/mol. The summed E-state index contributed by atoms with van der Waals surface area (Å²) in [4.78, 5) is 0. The molecule has 0 radical (unpaired) electrons. The molecule has 0 atom stereocenters. The summed E-state index contributed by atoms with van der Waals surface area (Å²) in [7, 11) is 0. The maximum Gasteiger partial charge on any atom is 0.191 e. The number of hydrogen-bond donors (Lipinski definition) is 0. The smallest absolute Gasteiger partial charge is 0.191 e. The Labute approximate surface area is 92.5 Å². The summed E-state index contributed by atoms with van der Waals surface area (Å²) in [6, 6.07) is 5.72. The number of fused-ring (bicyclic) bond motifs is 1. The van der Waals surface area contributed by atoms with Crippen molar-refractivity contribution >= 4 is 49.0 Å². The van der Waals surface area contributed by atoms with Crippen LogP contribution in [0.3, 0.4) is 0 Å². The highest BCUT2D eigenvalue weighted by Gasteiger charge is 2.09. The fourth-order valence-electron chi connectivity index (χ4n) is 1.17. The van der Waals surface area contributed by atoms with Crippen molar-refractivity contribution in [3.05, 3.63) is 33.4 Å². The van der Waals surface area contributed by atoms with Crippen LogP contribution in [0.2, 0.25) is 0 Å². The van der Waals surface area contributed by atoms with Gasteiger partial charge in [-0.15, -0.1) is 22.9 Å². The van der Waals surface area contributed by atoms with Crippen molar-refractivity contribution < 1.29 is 4.39 Å². The lowest BCUT2D eigenvalue weighted by atomic mass is 10.2. The molecule has 0 fully saturated rings. The van der Waals surface area contributed by atoms with Crippen LogP contribution in [0.25, 0.3) is 10.1 Å². The Morgan fingerprint density at radius 2 is 2.23 bits per heavy atom. The first kappa shape index (κ1) is 9.44. The normalized spacial score (nSPS) is 11.0. The Balaban J connectivity index is 2.75. The largest absolute Gasteiger partial charge is 0.194 e. The average Bonchev–Trinajstić information content (AvgIpc) is 2.43. The van der Waals surface area contributed by atoms with Crippen LogP contribution in [-0.2, 0) is 5.88 Å². The molecule has 0 aliphatic rings. The minimum atomic E-state index is -0.179. The Morgan fingerprint density at radius 3 is 2.92 bits per heavy atom. The number of halogens is 3. The predicted octanol–water partition coefficient (Wildman–Crippen LogP) is 4.54. The van der Waals surface area contributed by atoms with Crippen LogP contribution < -0.4 is 0 Å². The van der Waals surface area contributed by atoms with Crippen molar-refractivity contribution in [2.45, 2.75) is 5.88 Å². The van der Waals surface area contributed by atoms with Gasteiger partial charge in [0.05, 0.1) is 4.47 Å². The zero-order valence-electron chi connectivity index (χ0n) is 6.48. The molecule has 0 spiro atoms. The summed E-state index contributed by atoms with van der Waals surface area (Å²) >= 11 is 10.0. The molecule has 0 aliphatic heterocycles. The molecule has 0 saturated carbocycles. The molecule has 68 valence electrons. The second-order valence-electron chi connectivity index (χ2n) is 2.65. The van der Waals surface area contributed by atoms with Crippen LogP contribution in [0.1, 0.15) is 5.56 Å². The first-order chi connectivity index (χ1) is 6.22. The first-order valence-electron chi connectivity index (χ1n) is 3.65. The van der Waals surface area contributed by atoms with Gasteiger partial charge in [-0.3, -0.25) is 0 Å². The molecule has 4 heteroatoms. The first-order valence-corrected chi connectivity index (χ1v) is 5.79. The molecule has 0 amide bonds. The van der Waals surface area contributed by atoms with E-state index >= 15 is 0 Å². The van der Waals surface area contributed by atoms with Gasteiger partial charge < -0.3 is 0 Å². The van der Waals surface area contributed by atoms with Crippen molar-refractivity contribution in [3.8, 4) is 0 Å². The van der Waals surface area contributed by atoms with E-state index in [-0.39, 0.29) is 5.13 Å². The van der Waals surface area contributed by atoms with Gasteiger partial charge >= 0.3 is 0 Å². The maximum absolute atomic E-state index is 13.1. The molecule has 2 aromatic rings. The van der Waals surface area contributed by atoms with Crippen LogP contribution in [0, 0.1) is 5.13 Å². The third-order valence-electron chi connectivity index (χ3n) is 1.81. The number of thiophene rings is 1. The van der Waals surface area contributed by atoms with Gasteiger partial charge in [0, 0.05) is 16.0 Å². The summed E-state index contributed by atoms with van der Waals surface area (Å²) in [6.45, 7) is 0. The van der Waals surface area contributed by atoms with Crippen LogP contribution >= 0.6 is 38.9 Å². The molecule has 0 nitrogen and oxygen atoms in total. The van der Waals surface area contributed by atoms with Crippen LogP contribution in [0.15, 0.2) is 22.7 Å². The third kappa shape index (κ3) is 1.60. The molecule has 1 heterocycles. The van der Waals surface area contributed by atoms with Crippen LogP contribution in [-0.4, -0.2) is 0 Å². The molecule has 0 N–H and O–H groups in total. The van der Waals surface area contributed by atoms with Crippen molar-refractivity contribution in [2.24, 2.45) is 0 Å². The molecule has 0 saturated heterocycles. The van der Waals surface area contributed by atoms with Crippen LogP contribution in [0.5, 0.6) is 0 Å². The van der Waals surface area contributed by atoms with Crippen molar-refractivity contribution in [2.75, 3.05) is 0 Å². The van der Waals surface area contributed by atoms with Gasteiger partial charge in [0.1, 0.15) is 0 Å². The van der Waals surface area contributed by atoms with E-state index in [2.05, 4.69) is 15.9 Å². The van der Waals surface area contributed by atoms with Gasteiger partial charge in [-0.05, 0) is 33.6 Å². The maximum atomic E-state index is 13.1. The fourth-order valence-corrected chi connectivity index (χ4v) is 2.84. The third-order valence-corrected chi connectivity index (χ3v) is 4.11. The number of alkyl halides is 1. The zero-order valence-corrected chi connectivity index (χ0v) is 9.64. The van der Waals surface area contributed by atoms with E-state index in [9.17, 15) is 4.39 Å². The molecule has 1 aromatic heterocycles. The van der Waals surface area contributed by atoms with Gasteiger partial charge in [0.2, 0.25) is 0 Å². The summed E-state index contributed by atoms with van der Waals surface area (Å²) in [5, 5.41) is 0.724. The Kier molecular flexibility index (Phi) is 2.58. The second kappa shape index (κ2) is 3.56. The minimum absolute atomic E-state index is 0.179. The lowest BCUT2D eigenvalue weighted by molar-refractivity contribution is 0.652. The Morgan fingerprint density at radius 1 is 1.46 bits per heavy atom. The summed E-state index contributed by atoms with van der Waals surface area (Å²) in [6.07, 6.45) is 0. The van der Waals surface area contributed by atoms with Crippen molar-refractivity contribution in [3.63, 3.8) is 0 Å². The van der Waals surface area contributed by atoms with E-state index in [1.165, 1.54) is 0 Å². The molecule has 1 aromatic carbocycles. The molecule has 0 bridgehead atoms. The molecule has 13 heavy (non-hydrogen) atoms. The fraction of sp³-hybridized carbons (Fsp3) is 0.111. The quantitative estimate of drug-likeness (QED) is 0.672. The van der Waals surface area contributed by atoms with Crippen LogP contribution in [0.4, 0.5) is 4.39 Å².